The highest BCUT2D eigenvalue weighted by Gasteiger charge is 2.34. The molecule has 30 heavy (non-hydrogen) atoms. The van der Waals surface area contributed by atoms with E-state index in [0.29, 0.717) is 25.0 Å². The molecule has 2 amide bonds. The number of hydrogen-bond donors (Lipinski definition) is 2. The van der Waals surface area contributed by atoms with Gasteiger partial charge in [0.25, 0.3) is 5.91 Å². The summed E-state index contributed by atoms with van der Waals surface area (Å²) in [6.07, 6.45) is -1.84. The van der Waals surface area contributed by atoms with Crippen LogP contribution >= 0.6 is 0 Å². The monoisotopic (exact) mass is 422 g/mol. The van der Waals surface area contributed by atoms with E-state index in [1.165, 1.54) is 36.4 Å². The minimum Gasteiger partial charge on any atom is -0.368 e. The van der Waals surface area contributed by atoms with Crippen LogP contribution in [0, 0.1) is 5.82 Å². The lowest BCUT2D eigenvalue weighted by atomic mass is 10.1. The van der Waals surface area contributed by atoms with E-state index in [-0.39, 0.29) is 5.69 Å². The fraction of sp³-hybridized carbons (Fsp3) is 0.238. The van der Waals surface area contributed by atoms with Gasteiger partial charge in [-0.25, -0.2) is 4.39 Å². The number of anilines is 2. The summed E-state index contributed by atoms with van der Waals surface area (Å²) >= 11 is 0. The van der Waals surface area contributed by atoms with Crippen molar-refractivity contribution in [3.8, 4) is 0 Å². The van der Waals surface area contributed by atoms with Crippen LogP contribution in [-0.2, 0) is 20.5 Å². The van der Waals surface area contributed by atoms with Crippen LogP contribution in [-0.4, -0.2) is 24.5 Å². The first kappa shape index (κ1) is 21.5. The van der Waals surface area contributed by atoms with Crippen molar-refractivity contribution in [3.63, 3.8) is 0 Å². The highest BCUT2D eigenvalue weighted by atomic mass is 19.4. The maximum Gasteiger partial charge on any atom is 0.418 e. The van der Waals surface area contributed by atoms with Crippen LogP contribution in [0.1, 0.15) is 24.0 Å². The van der Waals surface area contributed by atoms with Crippen LogP contribution in [0.5, 0.6) is 0 Å². The quantitative estimate of drug-likeness (QED) is 0.546. The Balaban J connectivity index is 1.73. The topological polar surface area (TPSA) is 67.4 Å². The Morgan fingerprint density at radius 1 is 1.07 bits per heavy atom. The molecule has 5 nitrogen and oxygen atoms in total. The molecule has 1 heterocycles. The molecule has 1 aliphatic rings. The van der Waals surface area contributed by atoms with Gasteiger partial charge in [-0.05, 0) is 54.8 Å². The van der Waals surface area contributed by atoms with Crippen molar-refractivity contribution in [2.75, 3.05) is 17.2 Å². The second-order valence-corrected chi connectivity index (χ2v) is 6.62. The summed E-state index contributed by atoms with van der Waals surface area (Å²) < 4.78 is 58.5. The van der Waals surface area contributed by atoms with Crippen LogP contribution in [0.3, 0.4) is 0 Å². The molecule has 2 aromatic rings. The average molecular weight is 422 g/mol. The van der Waals surface area contributed by atoms with Crippen molar-refractivity contribution in [2.24, 2.45) is 0 Å². The zero-order chi connectivity index (χ0) is 21.7. The standard InChI is InChI=1S/C21H18F4N2O3/c22-14-6-3-13(4-7-14)5-10-19(28)27-17-9-8-15(12-16(17)21(23,24)25)26-20(29)18-2-1-11-30-18/h3-10,12,18H,1-2,11H2,(H,26,29)(H,27,28)/b10-5+. The molecular formula is C21H18F4N2O3. The third-order valence-electron chi connectivity index (χ3n) is 4.37. The third kappa shape index (κ3) is 5.66. The molecule has 2 N–H and O–H groups in total. The van der Waals surface area contributed by atoms with E-state index in [2.05, 4.69) is 10.6 Å². The molecule has 0 spiro atoms. The van der Waals surface area contributed by atoms with E-state index in [9.17, 15) is 27.2 Å². The van der Waals surface area contributed by atoms with Gasteiger partial charge in [-0.2, -0.15) is 13.2 Å². The largest absolute Gasteiger partial charge is 0.418 e. The molecular weight excluding hydrogens is 404 g/mol. The van der Waals surface area contributed by atoms with Gasteiger partial charge in [0.2, 0.25) is 5.91 Å². The van der Waals surface area contributed by atoms with Crippen LogP contribution in [0.15, 0.2) is 48.5 Å². The molecule has 1 atom stereocenters. The zero-order valence-corrected chi connectivity index (χ0v) is 15.6. The van der Waals surface area contributed by atoms with Crippen LogP contribution in [0.4, 0.5) is 28.9 Å². The molecule has 0 saturated carbocycles. The summed E-state index contributed by atoms with van der Waals surface area (Å²) in [7, 11) is 0. The molecule has 0 aliphatic carbocycles. The number of halogens is 4. The summed E-state index contributed by atoms with van der Waals surface area (Å²) in [5.74, 6) is -1.75. The van der Waals surface area contributed by atoms with Crippen molar-refractivity contribution >= 4 is 29.3 Å². The van der Waals surface area contributed by atoms with E-state index in [1.54, 1.807) is 0 Å². The number of carbonyl (C=O) groups excluding carboxylic acids is 2. The maximum atomic E-state index is 13.5. The number of benzene rings is 2. The lowest BCUT2D eigenvalue weighted by Crippen LogP contribution is -2.27. The van der Waals surface area contributed by atoms with Crippen molar-refractivity contribution in [1.82, 2.24) is 0 Å². The lowest BCUT2D eigenvalue weighted by molar-refractivity contribution is -0.137. The van der Waals surface area contributed by atoms with Gasteiger partial charge in [-0.3, -0.25) is 9.59 Å². The van der Waals surface area contributed by atoms with E-state index < -0.39 is 41.2 Å². The van der Waals surface area contributed by atoms with Crippen molar-refractivity contribution in [1.29, 1.82) is 0 Å². The second kappa shape index (κ2) is 9.08. The number of nitrogens with one attached hydrogen (secondary N) is 2. The Morgan fingerprint density at radius 2 is 1.80 bits per heavy atom. The maximum absolute atomic E-state index is 13.5. The van der Waals surface area contributed by atoms with Gasteiger partial charge in [0, 0.05) is 18.4 Å². The first-order valence-electron chi connectivity index (χ1n) is 9.11. The minimum atomic E-state index is -4.76. The second-order valence-electron chi connectivity index (χ2n) is 6.62. The van der Waals surface area contributed by atoms with E-state index >= 15 is 0 Å². The predicted molar refractivity (Wildman–Crippen MR) is 103 cm³/mol. The Hall–Kier alpha value is -3.20. The molecule has 1 saturated heterocycles. The van der Waals surface area contributed by atoms with Gasteiger partial charge in [0.1, 0.15) is 11.9 Å². The van der Waals surface area contributed by atoms with E-state index in [1.807, 2.05) is 0 Å². The van der Waals surface area contributed by atoms with Gasteiger partial charge < -0.3 is 15.4 Å². The molecule has 2 aromatic carbocycles. The predicted octanol–water partition coefficient (Wildman–Crippen LogP) is 4.61. The number of hydrogen-bond acceptors (Lipinski definition) is 3. The van der Waals surface area contributed by atoms with Gasteiger partial charge in [-0.1, -0.05) is 12.1 Å². The number of alkyl halides is 3. The molecule has 1 aliphatic heterocycles. The summed E-state index contributed by atoms with van der Waals surface area (Å²) in [5.41, 5.74) is -1.10. The third-order valence-corrected chi connectivity index (χ3v) is 4.37. The van der Waals surface area contributed by atoms with Crippen LogP contribution in [0.2, 0.25) is 0 Å². The fourth-order valence-corrected chi connectivity index (χ4v) is 2.89. The normalized spacial score (nSPS) is 16.6. The number of rotatable bonds is 5. The van der Waals surface area contributed by atoms with Crippen LogP contribution in [0.25, 0.3) is 6.08 Å². The Kier molecular flexibility index (Phi) is 6.51. The van der Waals surface area contributed by atoms with Gasteiger partial charge in [0.15, 0.2) is 0 Å². The number of carbonyl (C=O) groups is 2. The number of ether oxygens (including phenoxy) is 1. The first-order chi connectivity index (χ1) is 14.2. The summed E-state index contributed by atoms with van der Waals surface area (Å²) in [6, 6.07) is 8.33. The molecule has 1 unspecified atom stereocenters. The molecule has 0 bridgehead atoms. The molecule has 0 aromatic heterocycles. The summed E-state index contributed by atoms with van der Waals surface area (Å²) in [6.45, 7) is 0.433. The van der Waals surface area contributed by atoms with Crippen molar-refractivity contribution in [2.45, 2.75) is 25.1 Å². The number of amides is 2. The summed E-state index contributed by atoms with van der Waals surface area (Å²) in [4.78, 5) is 24.1. The molecule has 3 rings (SSSR count). The highest BCUT2D eigenvalue weighted by molar-refractivity contribution is 6.02. The SMILES string of the molecule is O=C(/C=C/c1ccc(F)cc1)Nc1ccc(NC(=O)C2CCCO2)cc1C(F)(F)F. The molecule has 158 valence electrons. The zero-order valence-electron chi connectivity index (χ0n) is 15.6. The minimum absolute atomic E-state index is 0.0531. The van der Waals surface area contributed by atoms with Gasteiger partial charge >= 0.3 is 6.18 Å². The van der Waals surface area contributed by atoms with Gasteiger partial charge in [-0.15, -0.1) is 0 Å². The Labute approximate surface area is 169 Å². The van der Waals surface area contributed by atoms with E-state index in [4.69, 9.17) is 4.74 Å². The Morgan fingerprint density at radius 3 is 2.43 bits per heavy atom. The first-order valence-corrected chi connectivity index (χ1v) is 9.11. The van der Waals surface area contributed by atoms with Gasteiger partial charge in [0.05, 0.1) is 11.3 Å². The average Bonchev–Trinajstić information content (AvgIpc) is 3.23. The molecule has 1 fully saturated rings. The molecule has 9 heteroatoms. The smallest absolute Gasteiger partial charge is 0.368 e. The summed E-state index contributed by atoms with van der Waals surface area (Å²) in [5, 5.41) is 4.58. The fourth-order valence-electron chi connectivity index (χ4n) is 2.89. The Bertz CT molecular complexity index is 950. The van der Waals surface area contributed by atoms with Crippen LogP contribution < -0.4 is 10.6 Å². The lowest BCUT2D eigenvalue weighted by Gasteiger charge is -2.16. The van der Waals surface area contributed by atoms with Crippen molar-refractivity contribution in [3.05, 3.63) is 65.5 Å². The van der Waals surface area contributed by atoms with E-state index in [0.717, 1.165) is 18.2 Å². The molecule has 0 radical (unpaired) electrons. The highest BCUT2D eigenvalue weighted by Crippen LogP contribution is 2.36. The van der Waals surface area contributed by atoms with Crippen molar-refractivity contribution < 1.29 is 31.9 Å².